The first-order valence-corrected chi connectivity index (χ1v) is 8.35. The van der Waals surface area contributed by atoms with Gasteiger partial charge in [0.2, 0.25) is 0 Å². The Bertz CT molecular complexity index is 789. The van der Waals surface area contributed by atoms with E-state index in [2.05, 4.69) is 24.5 Å². The summed E-state index contributed by atoms with van der Waals surface area (Å²) < 4.78 is 5.60. The summed E-state index contributed by atoms with van der Waals surface area (Å²) in [6.07, 6.45) is 0. The molecule has 0 aliphatic carbocycles. The molecule has 0 fully saturated rings. The third-order valence-electron chi connectivity index (χ3n) is 3.26. The molecule has 0 bridgehead atoms. The summed E-state index contributed by atoms with van der Waals surface area (Å²) in [6.45, 7) is 4.78. The monoisotopic (exact) mass is 373 g/mol. The van der Waals surface area contributed by atoms with E-state index in [1.165, 1.54) is 24.3 Å². The molecule has 26 heavy (non-hydrogen) atoms. The van der Waals surface area contributed by atoms with Crippen molar-refractivity contribution in [3.8, 4) is 5.75 Å². The SMILES string of the molecule is CC(C)COc1ccc(NC(=S)NC(=O)c2ccc([N+](=O)[O-])cc2)cc1. The van der Waals surface area contributed by atoms with Crippen LogP contribution in [0.1, 0.15) is 24.2 Å². The van der Waals surface area contributed by atoms with Crippen LogP contribution in [0.3, 0.4) is 0 Å². The van der Waals surface area contributed by atoms with Gasteiger partial charge in [-0.25, -0.2) is 0 Å². The Labute approximate surface area is 156 Å². The van der Waals surface area contributed by atoms with Gasteiger partial charge in [0, 0.05) is 23.4 Å². The zero-order chi connectivity index (χ0) is 19.1. The van der Waals surface area contributed by atoms with Gasteiger partial charge in [0.15, 0.2) is 5.11 Å². The highest BCUT2D eigenvalue weighted by Crippen LogP contribution is 2.16. The van der Waals surface area contributed by atoms with Crippen molar-refractivity contribution < 1.29 is 14.5 Å². The van der Waals surface area contributed by atoms with Crippen molar-refractivity contribution in [3.63, 3.8) is 0 Å². The number of anilines is 1. The molecule has 0 aliphatic rings. The number of ether oxygens (including phenoxy) is 1. The van der Waals surface area contributed by atoms with E-state index in [9.17, 15) is 14.9 Å². The quantitative estimate of drug-likeness (QED) is 0.455. The first kappa shape index (κ1) is 19.3. The number of nitro benzene ring substituents is 1. The second-order valence-electron chi connectivity index (χ2n) is 5.94. The molecule has 2 N–H and O–H groups in total. The fourth-order valence-electron chi connectivity index (χ4n) is 1.97. The van der Waals surface area contributed by atoms with Crippen LogP contribution in [0, 0.1) is 16.0 Å². The van der Waals surface area contributed by atoms with E-state index >= 15 is 0 Å². The summed E-state index contributed by atoms with van der Waals surface area (Å²) in [7, 11) is 0. The Morgan fingerprint density at radius 3 is 2.31 bits per heavy atom. The van der Waals surface area contributed by atoms with Crippen LogP contribution < -0.4 is 15.4 Å². The Balaban J connectivity index is 1.89. The van der Waals surface area contributed by atoms with Crippen LogP contribution in [0.15, 0.2) is 48.5 Å². The molecular formula is C18H19N3O4S. The van der Waals surface area contributed by atoms with Crippen molar-refractivity contribution in [1.29, 1.82) is 0 Å². The second-order valence-corrected chi connectivity index (χ2v) is 6.35. The number of nitrogens with zero attached hydrogens (tertiary/aromatic N) is 1. The Kier molecular flexibility index (Phi) is 6.62. The predicted molar refractivity (Wildman–Crippen MR) is 104 cm³/mol. The lowest BCUT2D eigenvalue weighted by molar-refractivity contribution is -0.384. The van der Waals surface area contributed by atoms with Crippen molar-refractivity contribution in [2.75, 3.05) is 11.9 Å². The lowest BCUT2D eigenvalue weighted by Crippen LogP contribution is -2.34. The summed E-state index contributed by atoms with van der Waals surface area (Å²) in [6, 6.07) is 12.5. The number of thiocarbonyl (C=S) groups is 1. The second kappa shape index (κ2) is 8.91. The van der Waals surface area contributed by atoms with Crippen LogP contribution in [-0.2, 0) is 0 Å². The lowest BCUT2D eigenvalue weighted by Gasteiger charge is -2.11. The minimum absolute atomic E-state index is 0.0815. The molecule has 2 aromatic carbocycles. The zero-order valence-corrected chi connectivity index (χ0v) is 15.2. The highest BCUT2D eigenvalue weighted by atomic mass is 32.1. The number of non-ortho nitro benzene ring substituents is 1. The number of nitrogens with one attached hydrogen (secondary N) is 2. The molecule has 136 valence electrons. The summed E-state index contributed by atoms with van der Waals surface area (Å²) in [5.74, 6) is 0.745. The molecule has 0 aromatic heterocycles. The third-order valence-corrected chi connectivity index (χ3v) is 3.47. The van der Waals surface area contributed by atoms with E-state index in [-0.39, 0.29) is 16.4 Å². The van der Waals surface area contributed by atoms with Gasteiger partial charge in [-0.05, 0) is 54.5 Å². The zero-order valence-electron chi connectivity index (χ0n) is 14.4. The van der Waals surface area contributed by atoms with Gasteiger partial charge in [0.05, 0.1) is 11.5 Å². The lowest BCUT2D eigenvalue weighted by atomic mass is 10.2. The van der Waals surface area contributed by atoms with Crippen LogP contribution in [-0.4, -0.2) is 22.5 Å². The minimum Gasteiger partial charge on any atom is -0.493 e. The summed E-state index contributed by atoms with van der Waals surface area (Å²) in [4.78, 5) is 22.2. The van der Waals surface area contributed by atoms with Crippen LogP contribution in [0.25, 0.3) is 0 Å². The van der Waals surface area contributed by atoms with Crippen LogP contribution in [0.5, 0.6) is 5.75 Å². The van der Waals surface area contributed by atoms with Gasteiger partial charge < -0.3 is 10.1 Å². The van der Waals surface area contributed by atoms with Gasteiger partial charge in [-0.3, -0.25) is 20.2 Å². The van der Waals surface area contributed by atoms with Crippen LogP contribution in [0.2, 0.25) is 0 Å². The molecular weight excluding hydrogens is 354 g/mol. The molecule has 0 heterocycles. The minimum atomic E-state index is -0.525. The largest absolute Gasteiger partial charge is 0.493 e. The standard InChI is InChI=1S/C18H19N3O4S/c1-12(2)11-25-16-9-5-14(6-10-16)19-18(26)20-17(22)13-3-7-15(8-4-13)21(23)24/h3-10,12H,11H2,1-2H3,(H2,19,20,22,26). The summed E-state index contributed by atoms with van der Waals surface area (Å²) >= 11 is 5.12. The highest BCUT2D eigenvalue weighted by molar-refractivity contribution is 7.80. The van der Waals surface area contributed by atoms with E-state index in [1.54, 1.807) is 12.1 Å². The van der Waals surface area contributed by atoms with Gasteiger partial charge in [0.25, 0.3) is 11.6 Å². The summed E-state index contributed by atoms with van der Waals surface area (Å²) in [5, 5.41) is 16.2. The topological polar surface area (TPSA) is 93.5 Å². The molecule has 0 atom stereocenters. The maximum atomic E-state index is 12.1. The number of amides is 1. The van der Waals surface area contributed by atoms with Gasteiger partial charge in [0.1, 0.15) is 5.75 Å². The van der Waals surface area contributed by atoms with Gasteiger partial charge >= 0.3 is 0 Å². The molecule has 2 rings (SSSR count). The van der Waals surface area contributed by atoms with E-state index < -0.39 is 10.8 Å². The smallest absolute Gasteiger partial charge is 0.269 e. The van der Waals surface area contributed by atoms with E-state index in [1.807, 2.05) is 12.1 Å². The van der Waals surface area contributed by atoms with E-state index in [0.29, 0.717) is 18.2 Å². The van der Waals surface area contributed by atoms with Gasteiger partial charge in [-0.2, -0.15) is 0 Å². The van der Waals surface area contributed by atoms with Crippen molar-refractivity contribution >= 4 is 34.6 Å². The molecule has 2 aromatic rings. The van der Waals surface area contributed by atoms with Crippen molar-refractivity contribution in [2.24, 2.45) is 5.92 Å². The molecule has 1 amide bonds. The summed E-state index contributed by atoms with van der Waals surface area (Å²) in [5.41, 5.74) is 0.898. The number of nitro groups is 1. The number of carbonyl (C=O) groups is 1. The third kappa shape index (κ3) is 5.82. The molecule has 0 radical (unpaired) electrons. The Hall–Kier alpha value is -3.00. The van der Waals surface area contributed by atoms with E-state index in [0.717, 1.165) is 5.75 Å². The molecule has 0 aliphatic heterocycles. The molecule has 0 spiro atoms. The van der Waals surface area contributed by atoms with Gasteiger partial charge in [-0.1, -0.05) is 13.8 Å². The average molecular weight is 373 g/mol. The maximum absolute atomic E-state index is 12.1. The number of hydrogen-bond donors (Lipinski definition) is 2. The molecule has 0 saturated carbocycles. The number of carbonyl (C=O) groups excluding carboxylic acids is 1. The first-order valence-electron chi connectivity index (χ1n) is 7.95. The van der Waals surface area contributed by atoms with Crippen molar-refractivity contribution in [3.05, 3.63) is 64.2 Å². The maximum Gasteiger partial charge on any atom is 0.269 e. The Morgan fingerprint density at radius 2 is 1.77 bits per heavy atom. The molecule has 7 nitrogen and oxygen atoms in total. The van der Waals surface area contributed by atoms with Gasteiger partial charge in [-0.15, -0.1) is 0 Å². The fraction of sp³-hybridized carbons (Fsp3) is 0.222. The number of hydrogen-bond acceptors (Lipinski definition) is 5. The molecule has 8 heteroatoms. The fourth-order valence-corrected chi connectivity index (χ4v) is 2.18. The average Bonchev–Trinajstić information content (AvgIpc) is 2.61. The normalized spacial score (nSPS) is 10.3. The molecule has 0 unspecified atom stereocenters. The van der Waals surface area contributed by atoms with Crippen LogP contribution in [0.4, 0.5) is 11.4 Å². The predicted octanol–water partition coefficient (Wildman–Crippen LogP) is 3.76. The Morgan fingerprint density at radius 1 is 1.15 bits per heavy atom. The van der Waals surface area contributed by atoms with Crippen molar-refractivity contribution in [1.82, 2.24) is 5.32 Å². The van der Waals surface area contributed by atoms with Crippen LogP contribution >= 0.6 is 12.2 Å². The highest BCUT2D eigenvalue weighted by Gasteiger charge is 2.11. The molecule has 0 saturated heterocycles. The first-order chi connectivity index (χ1) is 12.3. The number of rotatable bonds is 6. The van der Waals surface area contributed by atoms with E-state index in [4.69, 9.17) is 17.0 Å². The van der Waals surface area contributed by atoms with Crippen molar-refractivity contribution in [2.45, 2.75) is 13.8 Å². The number of benzene rings is 2.